The number of aromatic hydroxyl groups is 1. The number of pyridine rings is 1. The number of benzene rings is 1. The fourth-order valence-electron chi connectivity index (χ4n) is 2.40. The molecule has 2 heterocycles. The number of amides is 1. The van der Waals surface area contributed by atoms with Gasteiger partial charge in [0.1, 0.15) is 5.75 Å². The van der Waals surface area contributed by atoms with Gasteiger partial charge in [0.25, 0.3) is 5.56 Å². The van der Waals surface area contributed by atoms with E-state index in [1.54, 1.807) is 12.1 Å². The number of phenols is 1. The van der Waals surface area contributed by atoms with Gasteiger partial charge in [-0.05, 0) is 23.6 Å². The van der Waals surface area contributed by atoms with Crippen molar-refractivity contribution in [2.45, 2.75) is 12.6 Å². The van der Waals surface area contributed by atoms with Crippen molar-refractivity contribution in [2.24, 2.45) is 5.73 Å². The summed E-state index contributed by atoms with van der Waals surface area (Å²) < 4.78 is 6.41. The lowest BCUT2D eigenvalue weighted by Crippen LogP contribution is -2.21. The van der Waals surface area contributed by atoms with Crippen LogP contribution in [0.4, 0.5) is 4.79 Å². The molecule has 6 heteroatoms. The minimum Gasteiger partial charge on any atom is -0.507 e. The Kier molecular flexibility index (Phi) is 2.07. The van der Waals surface area contributed by atoms with Crippen LogP contribution in [0.25, 0.3) is 10.9 Å². The molecule has 1 atom stereocenters. The van der Waals surface area contributed by atoms with Crippen molar-refractivity contribution in [3.8, 4) is 5.75 Å². The van der Waals surface area contributed by atoms with Crippen LogP contribution in [0.2, 0.25) is 0 Å². The van der Waals surface area contributed by atoms with Crippen LogP contribution in [0.15, 0.2) is 29.1 Å². The standard InChI is InChI=1S/C12H10N2O4/c13-12(17)18-8-5-14-9(16)4-2-6-1-3-7(15)10(8)11(6)14/h1-4,8,15H,5H2,(H2,13,17). The monoisotopic (exact) mass is 246 g/mol. The number of nitrogens with two attached hydrogens (primary N) is 1. The molecule has 1 aliphatic rings. The summed E-state index contributed by atoms with van der Waals surface area (Å²) in [7, 11) is 0. The number of hydrogen-bond donors (Lipinski definition) is 2. The van der Waals surface area contributed by atoms with Gasteiger partial charge in [-0.2, -0.15) is 0 Å². The lowest BCUT2D eigenvalue weighted by Gasteiger charge is -2.11. The molecule has 1 aromatic heterocycles. The van der Waals surface area contributed by atoms with Crippen molar-refractivity contribution < 1.29 is 14.6 Å². The zero-order valence-corrected chi connectivity index (χ0v) is 9.29. The maximum Gasteiger partial charge on any atom is 0.405 e. The van der Waals surface area contributed by atoms with Crippen molar-refractivity contribution in [3.05, 3.63) is 40.2 Å². The van der Waals surface area contributed by atoms with Gasteiger partial charge in [-0.15, -0.1) is 0 Å². The van der Waals surface area contributed by atoms with E-state index in [1.807, 2.05) is 0 Å². The van der Waals surface area contributed by atoms with Crippen molar-refractivity contribution in [1.82, 2.24) is 4.57 Å². The van der Waals surface area contributed by atoms with E-state index in [4.69, 9.17) is 10.5 Å². The number of primary amides is 1. The Bertz CT molecular complexity index is 720. The Balaban J connectivity index is 2.31. The van der Waals surface area contributed by atoms with Gasteiger partial charge in [0.05, 0.1) is 17.6 Å². The second kappa shape index (κ2) is 3.49. The van der Waals surface area contributed by atoms with E-state index in [9.17, 15) is 14.7 Å². The minimum absolute atomic E-state index is 0.00870. The first-order valence-corrected chi connectivity index (χ1v) is 5.39. The first-order chi connectivity index (χ1) is 8.58. The number of phenolic OH excluding ortho intramolecular Hbond substituents is 1. The number of ether oxygens (including phenoxy) is 1. The van der Waals surface area contributed by atoms with E-state index in [1.165, 1.54) is 16.7 Å². The van der Waals surface area contributed by atoms with E-state index in [0.717, 1.165) is 5.39 Å². The highest BCUT2D eigenvalue weighted by atomic mass is 16.6. The molecule has 3 N–H and O–H groups in total. The molecular formula is C12H10N2O4. The fraction of sp³-hybridized carbons (Fsp3) is 0.167. The molecule has 0 fully saturated rings. The number of rotatable bonds is 1. The highest BCUT2D eigenvalue weighted by Gasteiger charge is 2.30. The Morgan fingerprint density at radius 3 is 2.83 bits per heavy atom. The van der Waals surface area contributed by atoms with Gasteiger partial charge >= 0.3 is 6.09 Å². The molecule has 92 valence electrons. The predicted molar refractivity (Wildman–Crippen MR) is 63.3 cm³/mol. The van der Waals surface area contributed by atoms with Crippen molar-refractivity contribution >= 4 is 17.0 Å². The van der Waals surface area contributed by atoms with Crippen LogP contribution in [0.5, 0.6) is 5.75 Å². The van der Waals surface area contributed by atoms with E-state index < -0.39 is 12.2 Å². The summed E-state index contributed by atoms with van der Waals surface area (Å²) in [5.41, 5.74) is 5.81. The molecule has 0 radical (unpaired) electrons. The topological polar surface area (TPSA) is 94.6 Å². The average Bonchev–Trinajstić information content (AvgIpc) is 2.67. The van der Waals surface area contributed by atoms with Gasteiger partial charge < -0.3 is 20.1 Å². The minimum atomic E-state index is -0.933. The Morgan fingerprint density at radius 2 is 2.11 bits per heavy atom. The quantitative estimate of drug-likeness (QED) is 0.780. The summed E-state index contributed by atoms with van der Waals surface area (Å²) in [6.45, 7) is 0.173. The number of carbonyl (C=O) groups is 1. The third-order valence-corrected chi connectivity index (χ3v) is 3.10. The Hall–Kier alpha value is -2.50. The molecular weight excluding hydrogens is 236 g/mol. The summed E-state index contributed by atoms with van der Waals surface area (Å²) >= 11 is 0. The Labute approximate surface area is 101 Å². The summed E-state index contributed by atoms with van der Waals surface area (Å²) in [6.07, 6.45) is -1.65. The normalized spacial score (nSPS) is 17.0. The molecule has 1 aromatic carbocycles. The Morgan fingerprint density at radius 1 is 1.39 bits per heavy atom. The summed E-state index contributed by atoms with van der Waals surface area (Å²) in [4.78, 5) is 22.6. The molecule has 1 amide bonds. The molecule has 1 unspecified atom stereocenters. The SMILES string of the molecule is NC(=O)OC1Cn2c(=O)ccc3ccc(O)c1c32. The van der Waals surface area contributed by atoms with Gasteiger partial charge in [0.15, 0.2) is 6.10 Å². The van der Waals surface area contributed by atoms with Gasteiger partial charge in [-0.3, -0.25) is 4.79 Å². The molecule has 0 aliphatic carbocycles. The van der Waals surface area contributed by atoms with Crippen molar-refractivity contribution in [1.29, 1.82) is 0 Å². The molecule has 18 heavy (non-hydrogen) atoms. The molecule has 0 saturated heterocycles. The average molecular weight is 246 g/mol. The predicted octanol–water partition coefficient (Wildman–Crippen LogP) is 0.857. The number of nitrogens with zero attached hydrogens (tertiary/aromatic N) is 1. The molecule has 3 rings (SSSR count). The first-order valence-electron chi connectivity index (χ1n) is 5.39. The lowest BCUT2D eigenvalue weighted by atomic mass is 10.1. The first kappa shape index (κ1) is 10.6. The molecule has 0 spiro atoms. The smallest absolute Gasteiger partial charge is 0.405 e. The van der Waals surface area contributed by atoms with Gasteiger partial charge in [-0.1, -0.05) is 0 Å². The van der Waals surface area contributed by atoms with E-state index >= 15 is 0 Å². The maximum absolute atomic E-state index is 11.7. The summed E-state index contributed by atoms with van der Waals surface area (Å²) in [5, 5.41) is 10.7. The third kappa shape index (κ3) is 1.35. The summed E-state index contributed by atoms with van der Waals surface area (Å²) in [5.74, 6) is -0.00870. The van der Waals surface area contributed by atoms with Crippen LogP contribution in [0, 0.1) is 0 Å². The van der Waals surface area contributed by atoms with Crippen molar-refractivity contribution in [3.63, 3.8) is 0 Å². The van der Waals surface area contributed by atoms with Gasteiger partial charge in [0.2, 0.25) is 0 Å². The second-order valence-electron chi connectivity index (χ2n) is 4.14. The third-order valence-electron chi connectivity index (χ3n) is 3.10. The fourth-order valence-corrected chi connectivity index (χ4v) is 2.40. The van der Waals surface area contributed by atoms with Crippen molar-refractivity contribution in [2.75, 3.05) is 0 Å². The molecule has 1 aliphatic heterocycles. The van der Waals surface area contributed by atoms with Crippen LogP contribution in [0.1, 0.15) is 11.7 Å². The molecule has 0 saturated carbocycles. The van der Waals surface area contributed by atoms with Crippen LogP contribution in [0.3, 0.4) is 0 Å². The highest BCUT2D eigenvalue weighted by Crippen LogP contribution is 2.39. The molecule has 0 bridgehead atoms. The largest absolute Gasteiger partial charge is 0.507 e. The number of aromatic nitrogens is 1. The highest BCUT2D eigenvalue weighted by molar-refractivity contribution is 5.86. The molecule has 2 aromatic rings. The number of hydrogen-bond acceptors (Lipinski definition) is 4. The second-order valence-corrected chi connectivity index (χ2v) is 4.14. The zero-order valence-electron chi connectivity index (χ0n) is 9.29. The lowest BCUT2D eigenvalue weighted by molar-refractivity contribution is 0.101. The van der Waals surface area contributed by atoms with Gasteiger partial charge in [0, 0.05) is 6.07 Å². The van der Waals surface area contributed by atoms with Gasteiger partial charge in [-0.25, -0.2) is 4.79 Å². The van der Waals surface area contributed by atoms with Crippen LogP contribution < -0.4 is 11.3 Å². The maximum atomic E-state index is 11.7. The van der Waals surface area contributed by atoms with Crippen LogP contribution in [-0.4, -0.2) is 15.8 Å². The molecule has 6 nitrogen and oxygen atoms in total. The zero-order chi connectivity index (χ0) is 12.9. The number of carbonyl (C=O) groups excluding carboxylic acids is 1. The van der Waals surface area contributed by atoms with E-state index in [2.05, 4.69) is 0 Å². The van der Waals surface area contributed by atoms with E-state index in [0.29, 0.717) is 11.1 Å². The summed E-state index contributed by atoms with van der Waals surface area (Å²) in [6, 6.07) is 6.32. The van der Waals surface area contributed by atoms with Crippen LogP contribution in [-0.2, 0) is 11.3 Å². The van der Waals surface area contributed by atoms with Crippen LogP contribution >= 0.6 is 0 Å². The van der Waals surface area contributed by atoms with E-state index in [-0.39, 0.29) is 17.9 Å².